The van der Waals surface area contributed by atoms with Gasteiger partial charge >= 0.3 is 6.18 Å². The average Bonchev–Trinajstić information content (AvgIpc) is 3.14. The number of benzene rings is 1. The van der Waals surface area contributed by atoms with E-state index in [1.807, 2.05) is 12.1 Å². The lowest BCUT2D eigenvalue weighted by atomic mass is 9.88. The van der Waals surface area contributed by atoms with Crippen LogP contribution in [0.4, 0.5) is 18.9 Å². The predicted molar refractivity (Wildman–Crippen MR) is 102 cm³/mol. The first-order chi connectivity index (χ1) is 12.9. The third-order valence-corrected chi connectivity index (χ3v) is 6.18. The normalized spacial score (nSPS) is 19.7. The number of alkyl halides is 3. The van der Waals surface area contributed by atoms with Gasteiger partial charge in [-0.2, -0.15) is 13.2 Å². The monoisotopic (exact) mass is 399 g/mol. The van der Waals surface area contributed by atoms with Crippen LogP contribution in [-0.2, 0) is 9.53 Å². The molecule has 7 heteroatoms. The molecule has 1 aromatic rings. The molecule has 1 aromatic carbocycles. The van der Waals surface area contributed by atoms with Crippen LogP contribution in [0.25, 0.3) is 0 Å². The Labute approximate surface area is 161 Å². The Morgan fingerprint density at radius 3 is 2.70 bits per heavy atom. The Kier molecular flexibility index (Phi) is 6.40. The van der Waals surface area contributed by atoms with Crippen LogP contribution in [0.15, 0.2) is 34.9 Å². The van der Waals surface area contributed by atoms with Crippen LogP contribution in [0, 0.1) is 5.92 Å². The third-order valence-electron chi connectivity index (χ3n) is 5.15. The number of halogens is 3. The predicted octanol–water partition coefficient (Wildman–Crippen LogP) is 5.85. The third kappa shape index (κ3) is 5.00. The van der Waals surface area contributed by atoms with Crippen molar-refractivity contribution in [2.24, 2.45) is 5.92 Å². The molecule has 148 valence electrons. The Morgan fingerprint density at radius 1 is 1.30 bits per heavy atom. The minimum atomic E-state index is -4.67. The second kappa shape index (κ2) is 8.59. The fourth-order valence-electron chi connectivity index (χ4n) is 3.89. The SMILES string of the molecule is CC(CC1CCCC1)c1ccccc1NC(=O)C1=C(C(F)(F)F)OCCS1. The summed E-state index contributed by atoms with van der Waals surface area (Å²) in [5, 5.41) is 2.69. The smallest absolute Gasteiger partial charge is 0.450 e. The first kappa shape index (κ1) is 20.1. The number of carbonyl (C=O) groups excluding carboxylic acids is 1. The van der Waals surface area contributed by atoms with Crippen molar-refractivity contribution in [1.82, 2.24) is 0 Å². The number of rotatable bonds is 5. The molecule has 0 spiro atoms. The minimum Gasteiger partial charge on any atom is -0.487 e. The van der Waals surface area contributed by atoms with Gasteiger partial charge in [-0.15, -0.1) is 11.8 Å². The number of hydrogen-bond acceptors (Lipinski definition) is 3. The Bertz CT molecular complexity index is 711. The Hall–Kier alpha value is -1.63. The molecular formula is C20H24F3NO2S. The van der Waals surface area contributed by atoms with Crippen LogP contribution in [0.1, 0.15) is 50.5 Å². The van der Waals surface area contributed by atoms with Crippen molar-refractivity contribution in [2.45, 2.75) is 51.1 Å². The number of carbonyl (C=O) groups is 1. The van der Waals surface area contributed by atoms with E-state index in [1.165, 1.54) is 25.7 Å². The number of para-hydroxylation sites is 1. The zero-order chi connectivity index (χ0) is 19.4. The number of amides is 1. The van der Waals surface area contributed by atoms with E-state index in [0.29, 0.717) is 17.4 Å². The van der Waals surface area contributed by atoms with Crippen LogP contribution >= 0.6 is 11.8 Å². The van der Waals surface area contributed by atoms with E-state index >= 15 is 0 Å². The van der Waals surface area contributed by atoms with Gasteiger partial charge in [-0.05, 0) is 29.9 Å². The lowest BCUT2D eigenvalue weighted by Crippen LogP contribution is -2.26. The topological polar surface area (TPSA) is 38.3 Å². The van der Waals surface area contributed by atoms with Crippen molar-refractivity contribution in [3.63, 3.8) is 0 Å². The summed E-state index contributed by atoms with van der Waals surface area (Å²) in [5.74, 6) is -0.705. The number of ether oxygens (including phenoxy) is 1. The van der Waals surface area contributed by atoms with E-state index in [9.17, 15) is 18.0 Å². The summed E-state index contributed by atoms with van der Waals surface area (Å²) in [6.07, 6.45) is 1.35. The molecule has 3 rings (SSSR count). The van der Waals surface area contributed by atoms with Crippen molar-refractivity contribution >= 4 is 23.4 Å². The van der Waals surface area contributed by atoms with Crippen molar-refractivity contribution in [3.05, 3.63) is 40.5 Å². The van der Waals surface area contributed by atoms with Gasteiger partial charge in [0.1, 0.15) is 4.91 Å². The molecular weight excluding hydrogens is 375 g/mol. The molecule has 1 fully saturated rings. The first-order valence-corrected chi connectivity index (χ1v) is 10.3. The van der Waals surface area contributed by atoms with Gasteiger partial charge in [0.2, 0.25) is 5.76 Å². The maximum absolute atomic E-state index is 13.1. The molecule has 0 aromatic heterocycles. The molecule has 1 amide bonds. The highest BCUT2D eigenvalue weighted by Crippen LogP contribution is 2.39. The van der Waals surface area contributed by atoms with Gasteiger partial charge in [0.05, 0.1) is 6.61 Å². The Balaban J connectivity index is 1.79. The van der Waals surface area contributed by atoms with Gasteiger partial charge in [0.15, 0.2) is 0 Å². The molecule has 1 atom stereocenters. The second-order valence-electron chi connectivity index (χ2n) is 7.18. The molecule has 1 N–H and O–H groups in total. The molecule has 1 aliphatic heterocycles. The van der Waals surface area contributed by atoms with Gasteiger partial charge in [0.25, 0.3) is 5.91 Å². The lowest BCUT2D eigenvalue weighted by Gasteiger charge is -2.23. The molecule has 1 aliphatic carbocycles. The summed E-state index contributed by atoms with van der Waals surface area (Å²) in [6.45, 7) is 2.06. The Morgan fingerprint density at radius 2 is 2.00 bits per heavy atom. The molecule has 1 saturated carbocycles. The zero-order valence-corrected chi connectivity index (χ0v) is 16.1. The first-order valence-electron chi connectivity index (χ1n) is 9.33. The summed E-state index contributed by atoms with van der Waals surface area (Å²) in [7, 11) is 0. The van der Waals surface area contributed by atoms with Crippen LogP contribution in [0.3, 0.4) is 0 Å². The number of thioether (sulfide) groups is 1. The maximum Gasteiger partial charge on any atom is 0.450 e. The van der Waals surface area contributed by atoms with Crippen LogP contribution in [0.2, 0.25) is 0 Å². The highest BCUT2D eigenvalue weighted by Gasteiger charge is 2.42. The van der Waals surface area contributed by atoms with E-state index < -0.39 is 22.7 Å². The number of anilines is 1. The lowest BCUT2D eigenvalue weighted by molar-refractivity contribution is -0.133. The molecule has 0 saturated heterocycles. The minimum absolute atomic E-state index is 0.0503. The quantitative estimate of drug-likeness (QED) is 0.675. The summed E-state index contributed by atoms with van der Waals surface area (Å²) < 4.78 is 44.2. The van der Waals surface area contributed by atoms with E-state index in [-0.39, 0.29) is 12.5 Å². The summed E-state index contributed by atoms with van der Waals surface area (Å²) in [4.78, 5) is 12.2. The summed E-state index contributed by atoms with van der Waals surface area (Å²) in [6, 6.07) is 7.37. The number of nitrogens with one attached hydrogen (secondary N) is 1. The number of allylic oxidation sites excluding steroid dienone is 1. The van der Waals surface area contributed by atoms with Gasteiger partial charge in [-0.25, -0.2) is 0 Å². The van der Waals surface area contributed by atoms with Crippen LogP contribution < -0.4 is 5.32 Å². The van der Waals surface area contributed by atoms with Gasteiger partial charge in [-0.1, -0.05) is 50.8 Å². The summed E-state index contributed by atoms with van der Waals surface area (Å²) >= 11 is 0.889. The fourth-order valence-corrected chi connectivity index (χ4v) is 4.75. The van der Waals surface area contributed by atoms with Crippen LogP contribution in [0.5, 0.6) is 0 Å². The van der Waals surface area contributed by atoms with Crippen molar-refractivity contribution in [2.75, 3.05) is 17.7 Å². The maximum atomic E-state index is 13.1. The average molecular weight is 399 g/mol. The highest BCUT2D eigenvalue weighted by atomic mass is 32.2. The largest absolute Gasteiger partial charge is 0.487 e. The standard InChI is InChI=1S/C20H24F3NO2S/c1-13(12-14-6-2-3-7-14)15-8-4-5-9-16(15)24-19(25)17-18(20(21,22)23)26-10-11-27-17/h4-5,8-9,13-14H,2-3,6-7,10-12H2,1H3,(H,24,25). The van der Waals surface area contributed by atoms with Gasteiger partial charge in [-0.3, -0.25) is 4.79 Å². The van der Waals surface area contributed by atoms with E-state index in [1.54, 1.807) is 12.1 Å². The van der Waals surface area contributed by atoms with E-state index in [2.05, 4.69) is 12.2 Å². The van der Waals surface area contributed by atoms with Crippen molar-refractivity contribution < 1.29 is 22.7 Å². The van der Waals surface area contributed by atoms with E-state index in [4.69, 9.17) is 4.74 Å². The van der Waals surface area contributed by atoms with Gasteiger partial charge < -0.3 is 10.1 Å². The number of hydrogen-bond donors (Lipinski definition) is 1. The zero-order valence-electron chi connectivity index (χ0n) is 15.3. The fraction of sp³-hybridized carbons (Fsp3) is 0.550. The van der Waals surface area contributed by atoms with Crippen LogP contribution in [-0.4, -0.2) is 24.4 Å². The molecule has 27 heavy (non-hydrogen) atoms. The van der Waals surface area contributed by atoms with E-state index in [0.717, 1.165) is 23.7 Å². The molecule has 0 bridgehead atoms. The van der Waals surface area contributed by atoms with Crippen molar-refractivity contribution in [3.8, 4) is 0 Å². The molecule has 2 aliphatic rings. The van der Waals surface area contributed by atoms with Crippen molar-refractivity contribution in [1.29, 1.82) is 0 Å². The summed E-state index contributed by atoms with van der Waals surface area (Å²) in [5.41, 5.74) is 1.54. The molecule has 1 unspecified atom stereocenters. The molecule has 1 heterocycles. The molecule has 3 nitrogen and oxygen atoms in total. The molecule has 0 radical (unpaired) electrons. The highest BCUT2D eigenvalue weighted by molar-refractivity contribution is 8.04. The second-order valence-corrected chi connectivity index (χ2v) is 8.29. The van der Waals surface area contributed by atoms with Gasteiger partial charge in [0, 0.05) is 11.4 Å².